The first-order valence-electron chi connectivity index (χ1n) is 9.78. The molecule has 2 N–H and O–H groups in total. The molecule has 0 fully saturated rings. The average molecular weight is 388 g/mol. The number of rotatable bonds is 7. The van der Waals surface area contributed by atoms with Crippen LogP contribution >= 0.6 is 0 Å². The Morgan fingerprint density at radius 3 is 2.66 bits per heavy atom. The van der Waals surface area contributed by atoms with Crippen LogP contribution in [-0.4, -0.2) is 31.1 Å². The SMILES string of the molecule is CCCCOc1nc(N)c2nc(-c3cncc(C)c3)n(Cc3ccccc3)c2n1. The zero-order chi connectivity index (χ0) is 20.2. The van der Waals surface area contributed by atoms with Gasteiger partial charge in [0.25, 0.3) is 0 Å². The Hall–Kier alpha value is -3.48. The van der Waals surface area contributed by atoms with Crippen LogP contribution in [0.15, 0.2) is 48.8 Å². The number of aromatic nitrogens is 5. The van der Waals surface area contributed by atoms with Crippen LogP contribution in [0.3, 0.4) is 0 Å². The van der Waals surface area contributed by atoms with E-state index in [9.17, 15) is 0 Å². The third kappa shape index (κ3) is 4.03. The highest BCUT2D eigenvalue weighted by Gasteiger charge is 2.19. The van der Waals surface area contributed by atoms with Crippen LogP contribution in [0.1, 0.15) is 30.9 Å². The Morgan fingerprint density at radius 1 is 1.07 bits per heavy atom. The van der Waals surface area contributed by atoms with Crippen molar-refractivity contribution in [3.8, 4) is 17.4 Å². The Kier molecular flexibility index (Phi) is 5.37. The van der Waals surface area contributed by atoms with Crippen molar-refractivity contribution in [3.05, 3.63) is 59.9 Å². The number of imidazole rings is 1. The first-order valence-corrected chi connectivity index (χ1v) is 9.78. The van der Waals surface area contributed by atoms with E-state index < -0.39 is 0 Å². The van der Waals surface area contributed by atoms with Gasteiger partial charge in [0.2, 0.25) is 0 Å². The van der Waals surface area contributed by atoms with Gasteiger partial charge in [0.15, 0.2) is 17.0 Å². The summed E-state index contributed by atoms with van der Waals surface area (Å²) >= 11 is 0. The predicted molar refractivity (Wildman–Crippen MR) is 114 cm³/mol. The number of nitrogens with zero attached hydrogens (tertiary/aromatic N) is 5. The van der Waals surface area contributed by atoms with Gasteiger partial charge in [0, 0.05) is 18.0 Å². The molecule has 0 aliphatic heterocycles. The number of benzene rings is 1. The lowest BCUT2D eigenvalue weighted by Gasteiger charge is -2.10. The van der Waals surface area contributed by atoms with Crippen molar-refractivity contribution in [2.45, 2.75) is 33.2 Å². The minimum Gasteiger partial charge on any atom is -0.463 e. The molecule has 29 heavy (non-hydrogen) atoms. The van der Waals surface area contributed by atoms with Gasteiger partial charge < -0.3 is 15.0 Å². The van der Waals surface area contributed by atoms with Crippen molar-refractivity contribution in [1.29, 1.82) is 0 Å². The second kappa shape index (κ2) is 8.26. The van der Waals surface area contributed by atoms with E-state index in [-0.39, 0.29) is 6.01 Å². The van der Waals surface area contributed by atoms with E-state index in [2.05, 4.69) is 40.1 Å². The highest BCUT2D eigenvalue weighted by atomic mass is 16.5. The first-order chi connectivity index (χ1) is 14.2. The molecular weight excluding hydrogens is 364 g/mol. The maximum absolute atomic E-state index is 6.22. The van der Waals surface area contributed by atoms with E-state index in [1.165, 1.54) is 0 Å². The monoisotopic (exact) mass is 388 g/mol. The van der Waals surface area contributed by atoms with Gasteiger partial charge >= 0.3 is 6.01 Å². The van der Waals surface area contributed by atoms with Gasteiger partial charge in [-0.05, 0) is 30.5 Å². The van der Waals surface area contributed by atoms with E-state index in [0.717, 1.165) is 35.4 Å². The summed E-state index contributed by atoms with van der Waals surface area (Å²) in [6, 6.07) is 12.5. The summed E-state index contributed by atoms with van der Waals surface area (Å²) in [5.74, 6) is 1.07. The van der Waals surface area contributed by atoms with Crippen LogP contribution in [0.2, 0.25) is 0 Å². The van der Waals surface area contributed by atoms with Crippen molar-refractivity contribution in [2.75, 3.05) is 12.3 Å². The Balaban J connectivity index is 1.86. The van der Waals surface area contributed by atoms with Crippen molar-refractivity contribution >= 4 is 17.0 Å². The summed E-state index contributed by atoms with van der Waals surface area (Å²) in [6.45, 7) is 5.28. The van der Waals surface area contributed by atoms with Gasteiger partial charge in [0.05, 0.1) is 13.2 Å². The summed E-state index contributed by atoms with van der Waals surface area (Å²) < 4.78 is 7.77. The van der Waals surface area contributed by atoms with Gasteiger partial charge in [-0.3, -0.25) is 4.98 Å². The fourth-order valence-corrected chi connectivity index (χ4v) is 3.19. The van der Waals surface area contributed by atoms with E-state index in [1.807, 2.05) is 35.9 Å². The number of unbranched alkanes of at least 4 members (excludes halogenated alkanes) is 1. The lowest BCUT2D eigenvalue weighted by atomic mass is 10.2. The number of ether oxygens (including phenoxy) is 1. The lowest BCUT2D eigenvalue weighted by Crippen LogP contribution is -2.07. The summed E-state index contributed by atoms with van der Waals surface area (Å²) in [5, 5.41) is 0. The number of hydrogen-bond acceptors (Lipinski definition) is 6. The molecule has 4 aromatic rings. The smallest absolute Gasteiger partial charge is 0.320 e. The van der Waals surface area contributed by atoms with Crippen molar-refractivity contribution in [2.24, 2.45) is 0 Å². The molecule has 148 valence electrons. The van der Waals surface area contributed by atoms with Crippen LogP contribution in [-0.2, 0) is 6.54 Å². The summed E-state index contributed by atoms with van der Waals surface area (Å²) in [5.41, 5.74) is 10.6. The molecule has 1 aromatic carbocycles. The van der Waals surface area contributed by atoms with Crippen molar-refractivity contribution in [3.63, 3.8) is 0 Å². The molecule has 7 nitrogen and oxygen atoms in total. The normalized spacial score (nSPS) is 11.1. The number of hydrogen-bond donors (Lipinski definition) is 1. The quantitative estimate of drug-likeness (QED) is 0.481. The molecule has 4 rings (SSSR count). The molecular formula is C22H24N6O. The summed E-state index contributed by atoms with van der Waals surface area (Å²) in [4.78, 5) is 18.0. The fraction of sp³-hybridized carbons (Fsp3) is 0.273. The van der Waals surface area contributed by atoms with E-state index >= 15 is 0 Å². The van der Waals surface area contributed by atoms with Crippen LogP contribution in [0.25, 0.3) is 22.6 Å². The van der Waals surface area contributed by atoms with Crippen LogP contribution in [0.4, 0.5) is 5.82 Å². The fourth-order valence-electron chi connectivity index (χ4n) is 3.19. The number of anilines is 1. The molecule has 0 spiro atoms. The van der Waals surface area contributed by atoms with Gasteiger partial charge in [-0.25, -0.2) is 4.98 Å². The molecule has 7 heteroatoms. The van der Waals surface area contributed by atoms with Gasteiger partial charge in [-0.15, -0.1) is 0 Å². The van der Waals surface area contributed by atoms with Crippen LogP contribution < -0.4 is 10.5 Å². The molecule has 0 saturated heterocycles. The minimum absolute atomic E-state index is 0.284. The van der Waals surface area contributed by atoms with Crippen LogP contribution in [0.5, 0.6) is 6.01 Å². The van der Waals surface area contributed by atoms with E-state index in [0.29, 0.717) is 30.1 Å². The summed E-state index contributed by atoms with van der Waals surface area (Å²) in [6.07, 6.45) is 5.60. The first kappa shape index (κ1) is 18.9. The van der Waals surface area contributed by atoms with Crippen molar-refractivity contribution < 1.29 is 4.74 Å². The van der Waals surface area contributed by atoms with E-state index in [4.69, 9.17) is 15.5 Å². The zero-order valence-electron chi connectivity index (χ0n) is 16.7. The lowest BCUT2D eigenvalue weighted by molar-refractivity contribution is 0.286. The highest BCUT2D eigenvalue weighted by Crippen LogP contribution is 2.28. The average Bonchev–Trinajstić information content (AvgIpc) is 3.08. The largest absolute Gasteiger partial charge is 0.463 e. The molecule has 0 saturated carbocycles. The number of pyridine rings is 1. The molecule has 0 aliphatic rings. The molecule has 0 atom stereocenters. The van der Waals surface area contributed by atoms with Gasteiger partial charge in [-0.2, -0.15) is 9.97 Å². The molecule has 0 bridgehead atoms. The Bertz CT molecular complexity index is 1120. The number of nitrogen functional groups attached to an aromatic ring is 1. The second-order valence-corrected chi connectivity index (χ2v) is 7.02. The Labute approximate surface area is 169 Å². The molecule has 3 aromatic heterocycles. The van der Waals surface area contributed by atoms with E-state index in [1.54, 1.807) is 6.20 Å². The van der Waals surface area contributed by atoms with Gasteiger partial charge in [-0.1, -0.05) is 43.7 Å². The maximum Gasteiger partial charge on any atom is 0.320 e. The van der Waals surface area contributed by atoms with Crippen LogP contribution in [0, 0.1) is 6.92 Å². The number of nitrogens with two attached hydrogens (primary N) is 1. The summed E-state index contributed by atoms with van der Waals surface area (Å²) in [7, 11) is 0. The maximum atomic E-state index is 6.22. The highest BCUT2D eigenvalue weighted by molar-refractivity contribution is 5.86. The number of aryl methyl sites for hydroxylation is 1. The third-order valence-corrected chi connectivity index (χ3v) is 4.65. The molecule has 0 amide bonds. The molecule has 0 aliphatic carbocycles. The topological polar surface area (TPSA) is 91.7 Å². The molecule has 0 unspecified atom stereocenters. The predicted octanol–water partition coefficient (Wildman–Crippen LogP) is 4.01. The third-order valence-electron chi connectivity index (χ3n) is 4.65. The number of fused-ring (bicyclic) bond motifs is 1. The standard InChI is InChI=1S/C22H24N6O/c1-3-4-10-29-22-26-19(23)18-21(27-22)28(14-16-8-6-5-7-9-16)20(25-18)17-11-15(2)12-24-13-17/h5-9,11-13H,3-4,10,14H2,1-2H3,(H2,23,26,27). The molecule has 3 heterocycles. The Morgan fingerprint density at radius 2 is 1.90 bits per heavy atom. The minimum atomic E-state index is 0.284. The second-order valence-electron chi connectivity index (χ2n) is 7.02. The molecule has 0 radical (unpaired) electrons. The van der Waals surface area contributed by atoms with Crippen molar-refractivity contribution in [1.82, 2.24) is 24.5 Å². The zero-order valence-corrected chi connectivity index (χ0v) is 16.7. The van der Waals surface area contributed by atoms with Gasteiger partial charge in [0.1, 0.15) is 5.82 Å².